The molecule has 0 radical (unpaired) electrons. The van der Waals surface area contributed by atoms with Gasteiger partial charge in [-0.2, -0.15) is 0 Å². The Hall–Kier alpha value is -3.15. The van der Waals surface area contributed by atoms with E-state index in [0.717, 1.165) is 17.5 Å². The van der Waals surface area contributed by atoms with Gasteiger partial charge in [0.1, 0.15) is 0 Å². The van der Waals surface area contributed by atoms with Gasteiger partial charge < -0.3 is 15.7 Å². The van der Waals surface area contributed by atoms with Crippen molar-refractivity contribution in [3.05, 3.63) is 70.8 Å². The van der Waals surface area contributed by atoms with Gasteiger partial charge >= 0.3 is 5.97 Å². The van der Waals surface area contributed by atoms with Crippen molar-refractivity contribution in [3.63, 3.8) is 0 Å². The summed E-state index contributed by atoms with van der Waals surface area (Å²) in [6, 6.07) is 13.5. The minimum atomic E-state index is -0.997. The van der Waals surface area contributed by atoms with Gasteiger partial charge in [-0.15, -0.1) is 0 Å². The summed E-state index contributed by atoms with van der Waals surface area (Å²) >= 11 is 0. The molecule has 2 aromatic carbocycles. The van der Waals surface area contributed by atoms with Gasteiger partial charge in [0, 0.05) is 18.2 Å². The van der Waals surface area contributed by atoms with Crippen LogP contribution >= 0.6 is 0 Å². The first kappa shape index (κ1) is 20.2. The Morgan fingerprint density at radius 3 is 2.33 bits per heavy atom. The number of hydrogen-bond acceptors (Lipinski definition) is 3. The molecule has 0 aromatic heterocycles. The van der Waals surface area contributed by atoms with Crippen LogP contribution in [0.2, 0.25) is 0 Å². The molecule has 27 heavy (non-hydrogen) atoms. The smallest absolute Gasteiger partial charge is 0.335 e. The zero-order valence-electron chi connectivity index (χ0n) is 15.5. The first-order valence-corrected chi connectivity index (χ1v) is 8.87. The van der Waals surface area contributed by atoms with Crippen LogP contribution in [0.3, 0.4) is 0 Å². The number of carboxylic acid groups (broad SMARTS) is 1. The standard InChI is InChI=1S/C21H24N2O4/c1-3-14(2)23-20(25)18-6-4-5-16(11-18)13-22-19(24)12-15-7-9-17(10-8-15)21(26)27/h4-11,14H,3,12-13H2,1-2H3,(H,22,24)(H,23,25)(H,26,27). The molecular formula is C21H24N2O4. The summed E-state index contributed by atoms with van der Waals surface area (Å²) in [5, 5.41) is 14.6. The number of aromatic carboxylic acids is 1. The molecule has 0 aliphatic heterocycles. The summed E-state index contributed by atoms with van der Waals surface area (Å²) in [6.45, 7) is 4.27. The number of carbonyl (C=O) groups excluding carboxylic acids is 2. The van der Waals surface area contributed by atoms with Gasteiger partial charge in [0.2, 0.25) is 5.91 Å². The number of amides is 2. The number of hydrogen-bond donors (Lipinski definition) is 3. The molecule has 1 unspecified atom stereocenters. The molecule has 2 rings (SSSR count). The number of carboxylic acids is 1. The molecular weight excluding hydrogens is 344 g/mol. The van der Waals surface area contributed by atoms with Crippen LogP contribution in [-0.4, -0.2) is 28.9 Å². The van der Waals surface area contributed by atoms with E-state index in [2.05, 4.69) is 10.6 Å². The van der Waals surface area contributed by atoms with E-state index in [1.807, 2.05) is 19.9 Å². The quantitative estimate of drug-likeness (QED) is 0.668. The molecule has 142 valence electrons. The Morgan fingerprint density at radius 1 is 1.00 bits per heavy atom. The number of nitrogens with one attached hydrogen (secondary N) is 2. The molecule has 0 aliphatic carbocycles. The number of benzene rings is 2. The Kier molecular flexibility index (Phi) is 7.11. The second-order valence-electron chi connectivity index (χ2n) is 6.44. The Balaban J connectivity index is 1.90. The van der Waals surface area contributed by atoms with Crippen LogP contribution in [0.15, 0.2) is 48.5 Å². The predicted molar refractivity (Wildman–Crippen MR) is 103 cm³/mol. The van der Waals surface area contributed by atoms with E-state index >= 15 is 0 Å². The minimum Gasteiger partial charge on any atom is -0.478 e. The lowest BCUT2D eigenvalue weighted by atomic mass is 10.1. The van der Waals surface area contributed by atoms with Crippen molar-refractivity contribution in [1.29, 1.82) is 0 Å². The lowest BCUT2D eigenvalue weighted by molar-refractivity contribution is -0.120. The predicted octanol–water partition coefficient (Wildman–Crippen LogP) is 2.77. The zero-order chi connectivity index (χ0) is 19.8. The van der Waals surface area contributed by atoms with Crippen LogP contribution in [0, 0.1) is 0 Å². The fourth-order valence-electron chi connectivity index (χ4n) is 2.45. The Bertz CT molecular complexity index is 815. The topological polar surface area (TPSA) is 95.5 Å². The van der Waals surface area contributed by atoms with Crippen molar-refractivity contribution in [2.75, 3.05) is 0 Å². The summed E-state index contributed by atoms with van der Waals surface area (Å²) in [5.41, 5.74) is 2.32. The van der Waals surface area contributed by atoms with Gasteiger partial charge in [-0.25, -0.2) is 4.79 Å². The molecule has 2 aromatic rings. The van der Waals surface area contributed by atoms with Crippen molar-refractivity contribution in [3.8, 4) is 0 Å². The molecule has 0 saturated heterocycles. The maximum absolute atomic E-state index is 12.2. The van der Waals surface area contributed by atoms with Crippen LogP contribution in [-0.2, 0) is 17.8 Å². The molecule has 0 bridgehead atoms. The maximum Gasteiger partial charge on any atom is 0.335 e. The van der Waals surface area contributed by atoms with Crippen LogP contribution < -0.4 is 10.6 Å². The molecule has 6 heteroatoms. The summed E-state index contributed by atoms with van der Waals surface area (Å²) in [4.78, 5) is 35.1. The lowest BCUT2D eigenvalue weighted by Crippen LogP contribution is -2.32. The van der Waals surface area contributed by atoms with Crippen molar-refractivity contribution >= 4 is 17.8 Å². The van der Waals surface area contributed by atoms with Crippen LogP contribution in [0.25, 0.3) is 0 Å². The largest absolute Gasteiger partial charge is 0.478 e. The van der Waals surface area contributed by atoms with Crippen LogP contribution in [0.5, 0.6) is 0 Å². The first-order valence-electron chi connectivity index (χ1n) is 8.87. The fourth-order valence-corrected chi connectivity index (χ4v) is 2.45. The highest BCUT2D eigenvalue weighted by Crippen LogP contribution is 2.08. The Morgan fingerprint density at radius 2 is 1.70 bits per heavy atom. The van der Waals surface area contributed by atoms with E-state index in [1.54, 1.807) is 30.3 Å². The third-order valence-corrected chi connectivity index (χ3v) is 4.23. The van der Waals surface area contributed by atoms with E-state index in [1.165, 1.54) is 12.1 Å². The highest BCUT2D eigenvalue weighted by Gasteiger charge is 2.10. The molecule has 0 aliphatic rings. The molecule has 3 N–H and O–H groups in total. The van der Waals surface area contributed by atoms with Crippen LogP contribution in [0.4, 0.5) is 0 Å². The molecule has 0 fully saturated rings. The lowest BCUT2D eigenvalue weighted by Gasteiger charge is -2.12. The number of rotatable bonds is 8. The van der Waals surface area contributed by atoms with E-state index in [9.17, 15) is 14.4 Å². The summed E-state index contributed by atoms with van der Waals surface area (Å²) in [6.07, 6.45) is 1.02. The molecule has 6 nitrogen and oxygen atoms in total. The van der Waals surface area contributed by atoms with Gasteiger partial charge in [0.25, 0.3) is 5.91 Å². The highest BCUT2D eigenvalue weighted by molar-refractivity contribution is 5.94. The highest BCUT2D eigenvalue weighted by atomic mass is 16.4. The Labute approximate surface area is 158 Å². The van der Waals surface area contributed by atoms with E-state index in [0.29, 0.717) is 12.1 Å². The van der Waals surface area contributed by atoms with Gasteiger partial charge in [0.15, 0.2) is 0 Å². The number of carbonyl (C=O) groups is 3. The third kappa shape index (κ3) is 6.26. The van der Waals surface area contributed by atoms with Crippen molar-refractivity contribution in [1.82, 2.24) is 10.6 Å². The van der Waals surface area contributed by atoms with Crippen molar-refractivity contribution in [2.45, 2.75) is 39.3 Å². The minimum absolute atomic E-state index is 0.105. The van der Waals surface area contributed by atoms with Gasteiger partial charge in [-0.1, -0.05) is 31.2 Å². The van der Waals surface area contributed by atoms with E-state index < -0.39 is 5.97 Å². The molecule has 0 spiro atoms. The summed E-state index contributed by atoms with van der Waals surface area (Å²) < 4.78 is 0. The van der Waals surface area contributed by atoms with Crippen molar-refractivity contribution < 1.29 is 19.5 Å². The first-order chi connectivity index (χ1) is 12.9. The molecule has 1 atom stereocenters. The van der Waals surface area contributed by atoms with Gasteiger partial charge in [-0.3, -0.25) is 9.59 Å². The molecule has 0 heterocycles. The normalized spacial score (nSPS) is 11.5. The van der Waals surface area contributed by atoms with Crippen LogP contribution in [0.1, 0.15) is 52.1 Å². The average molecular weight is 368 g/mol. The molecule has 2 amide bonds. The summed E-state index contributed by atoms with van der Waals surface area (Å²) in [5.74, 6) is -1.30. The second-order valence-corrected chi connectivity index (χ2v) is 6.44. The SMILES string of the molecule is CCC(C)NC(=O)c1cccc(CNC(=O)Cc2ccc(C(=O)O)cc2)c1. The fraction of sp³-hybridized carbons (Fsp3) is 0.286. The second kappa shape index (κ2) is 9.52. The monoisotopic (exact) mass is 368 g/mol. The van der Waals surface area contributed by atoms with E-state index in [-0.39, 0.29) is 29.8 Å². The van der Waals surface area contributed by atoms with E-state index in [4.69, 9.17) is 5.11 Å². The third-order valence-electron chi connectivity index (χ3n) is 4.23. The maximum atomic E-state index is 12.2. The van der Waals surface area contributed by atoms with Crippen molar-refractivity contribution in [2.24, 2.45) is 0 Å². The average Bonchev–Trinajstić information content (AvgIpc) is 2.67. The summed E-state index contributed by atoms with van der Waals surface area (Å²) in [7, 11) is 0. The van der Waals surface area contributed by atoms with Gasteiger partial charge in [-0.05, 0) is 48.7 Å². The van der Waals surface area contributed by atoms with Gasteiger partial charge in [0.05, 0.1) is 12.0 Å². The zero-order valence-corrected chi connectivity index (χ0v) is 15.5. The molecule has 0 saturated carbocycles.